The molecule has 0 N–H and O–H groups in total. The van der Waals surface area contributed by atoms with E-state index in [-0.39, 0.29) is 20.5 Å². The number of hydrogen-bond acceptors (Lipinski definition) is 4. The Balaban J connectivity index is 2.21. The number of carbonyl (C=O) groups is 1. The number of aromatic nitrogens is 1. The van der Waals surface area contributed by atoms with E-state index in [4.69, 9.17) is 9.47 Å². The van der Waals surface area contributed by atoms with E-state index in [2.05, 4.69) is 33.9 Å². The summed E-state index contributed by atoms with van der Waals surface area (Å²) in [5.41, 5.74) is 2.92. The Hall–Kier alpha value is -0.941. The van der Waals surface area contributed by atoms with Crippen molar-refractivity contribution in [3.63, 3.8) is 0 Å². The maximum absolute atomic E-state index is 11.8. The van der Waals surface area contributed by atoms with Crippen LogP contribution in [-0.2, 0) is 16.1 Å². The first-order chi connectivity index (χ1) is 11.1. The summed E-state index contributed by atoms with van der Waals surface area (Å²) in [6.07, 6.45) is 1.03. The number of ether oxygens (including phenoxy) is 2. The van der Waals surface area contributed by atoms with Crippen LogP contribution in [0.4, 0.5) is 0 Å². The molecule has 0 fully saturated rings. The molecule has 1 unspecified atom stereocenters. The molecule has 0 bridgehead atoms. The van der Waals surface area contributed by atoms with Crippen molar-refractivity contribution < 1.29 is 14.3 Å². The van der Waals surface area contributed by atoms with E-state index < -0.39 is 0 Å². The van der Waals surface area contributed by atoms with Gasteiger partial charge in [-0.25, -0.2) is 0 Å². The average Bonchev–Trinajstić information content (AvgIpc) is 2.96. The van der Waals surface area contributed by atoms with Gasteiger partial charge in [0.1, 0.15) is 0 Å². The Bertz CT molecular complexity index is 672. The molecule has 6 heteroatoms. The van der Waals surface area contributed by atoms with Gasteiger partial charge in [0.05, 0.1) is 0 Å². The Labute approximate surface area is 151 Å². The number of benzene rings is 1. The summed E-state index contributed by atoms with van der Waals surface area (Å²) in [5.74, 6) is -0.278. The molecule has 0 saturated heterocycles. The van der Waals surface area contributed by atoms with E-state index in [1.54, 1.807) is 0 Å². The van der Waals surface area contributed by atoms with Crippen molar-refractivity contribution in [2.75, 3.05) is 13.7 Å². The number of carbonyl (C=O) groups excluding carboxylic acids is 1. The number of esters is 1. The first kappa shape index (κ1) is 18.4. The molecule has 2 aromatic rings. The molecule has 0 aliphatic rings. The van der Waals surface area contributed by atoms with E-state index in [9.17, 15) is 4.79 Å². The van der Waals surface area contributed by atoms with Gasteiger partial charge in [-0.15, -0.1) is 0 Å². The first-order valence-corrected chi connectivity index (χ1v) is 10.1. The molecular formula is C17H20BrNO3Se. The Morgan fingerprint density at radius 3 is 2.83 bits per heavy atom. The molecule has 1 aromatic heterocycles. The van der Waals surface area contributed by atoms with Gasteiger partial charge in [0.2, 0.25) is 0 Å². The fraction of sp³-hybridized carbons (Fsp3) is 0.412. The van der Waals surface area contributed by atoms with Gasteiger partial charge in [-0.1, -0.05) is 0 Å². The zero-order valence-corrected chi connectivity index (χ0v) is 16.8. The van der Waals surface area contributed by atoms with E-state index in [1.165, 1.54) is 7.11 Å². The van der Waals surface area contributed by atoms with E-state index in [1.807, 2.05) is 25.1 Å². The topological polar surface area (TPSA) is 48.4 Å². The quantitative estimate of drug-likeness (QED) is 0.372. The monoisotopic (exact) mass is 445 g/mol. The third-order valence-corrected chi connectivity index (χ3v) is 6.78. The average molecular weight is 445 g/mol. The summed E-state index contributed by atoms with van der Waals surface area (Å²) in [6.45, 7) is 5.19. The molecule has 0 amide bonds. The van der Waals surface area contributed by atoms with Crippen LogP contribution in [0.1, 0.15) is 33.8 Å². The number of methoxy groups -OCH3 is 1. The Kier molecular flexibility index (Phi) is 7.03. The number of aryl methyl sites for hydroxylation is 1. The van der Waals surface area contributed by atoms with Crippen molar-refractivity contribution in [2.45, 2.75) is 31.7 Å². The molecule has 0 aliphatic heterocycles. The summed E-state index contributed by atoms with van der Waals surface area (Å²) < 4.78 is 12.3. The normalized spacial score (nSPS) is 12.2. The van der Waals surface area contributed by atoms with Crippen molar-refractivity contribution in [1.29, 1.82) is 0 Å². The first-order valence-electron chi connectivity index (χ1n) is 7.42. The predicted molar refractivity (Wildman–Crippen MR) is 95.4 cm³/mol. The molecule has 23 heavy (non-hydrogen) atoms. The van der Waals surface area contributed by atoms with Crippen LogP contribution in [0.5, 0.6) is 0 Å². The van der Waals surface area contributed by atoms with Crippen LogP contribution in [0.15, 0.2) is 24.3 Å². The SMILES string of the molecule is CCC(Br)COCc1ccccc1-c1nc(C)c(C(=O)OC)[se]1. The zero-order valence-electron chi connectivity index (χ0n) is 13.5. The zero-order chi connectivity index (χ0) is 16.8. The summed E-state index contributed by atoms with van der Waals surface area (Å²) >= 11 is 3.44. The van der Waals surface area contributed by atoms with Gasteiger partial charge < -0.3 is 0 Å². The minimum atomic E-state index is -0.278. The van der Waals surface area contributed by atoms with Crippen LogP contribution in [0.25, 0.3) is 10.1 Å². The molecule has 124 valence electrons. The fourth-order valence-corrected chi connectivity index (χ4v) is 4.44. The van der Waals surface area contributed by atoms with Gasteiger partial charge in [0.25, 0.3) is 0 Å². The second kappa shape index (κ2) is 8.78. The van der Waals surface area contributed by atoms with Crippen LogP contribution in [-0.4, -0.2) is 44.0 Å². The molecule has 1 aromatic carbocycles. The Morgan fingerprint density at radius 1 is 1.39 bits per heavy atom. The molecule has 0 radical (unpaired) electrons. The van der Waals surface area contributed by atoms with Gasteiger partial charge in [-0.05, 0) is 0 Å². The van der Waals surface area contributed by atoms with E-state index >= 15 is 0 Å². The van der Waals surface area contributed by atoms with Gasteiger partial charge in [0, 0.05) is 0 Å². The van der Waals surface area contributed by atoms with E-state index in [0.29, 0.717) is 22.5 Å². The summed E-state index contributed by atoms with van der Waals surface area (Å²) in [5, 5.41) is 0. The third-order valence-electron chi connectivity index (χ3n) is 3.41. The molecule has 0 saturated carbocycles. The van der Waals surface area contributed by atoms with Gasteiger partial charge >= 0.3 is 151 Å². The molecule has 1 atom stereocenters. The molecule has 1 heterocycles. The number of hydrogen-bond donors (Lipinski definition) is 0. The van der Waals surface area contributed by atoms with Gasteiger partial charge in [0.15, 0.2) is 0 Å². The van der Waals surface area contributed by atoms with E-state index in [0.717, 1.165) is 27.8 Å². The summed E-state index contributed by atoms with van der Waals surface area (Å²) in [6, 6.07) is 8.08. The van der Waals surface area contributed by atoms with Crippen molar-refractivity contribution in [3.8, 4) is 10.1 Å². The predicted octanol–water partition coefficient (Wildman–Crippen LogP) is 3.59. The van der Waals surface area contributed by atoms with Crippen LogP contribution in [0.2, 0.25) is 0 Å². The maximum atomic E-state index is 11.8. The fourth-order valence-electron chi connectivity index (χ4n) is 2.06. The van der Waals surface area contributed by atoms with Crippen molar-refractivity contribution in [2.24, 2.45) is 0 Å². The van der Waals surface area contributed by atoms with Crippen LogP contribution in [0, 0.1) is 6.92 Å². The number of nitrogens with zero attached hydrogens (tertiary/aromatic N) is 1. The molecule has 0 aliphatic carbocycles. The number of rotatable bonds is 7. The van der Waals surface area contributed by atoms with Crippen molar-refractivity contribution in [1.82, 2.24) is 4.98 Å². The second-order valence-electron chi connectivity index (χ2n) is 5.10. The molecular weight excluding hydrogens is 425 g/mol. The molecule has 4 nitrogen and oxygen atoms in total. The standard InChI is InChI=1S/C17H20BrNO3Se/c1-4-13(18)10-22-9-12-7-5-6-8-14(12)16-19-11(2)15(23-16)17(20)21-3/h5-8,13H,4,9-10H2,1-3H3. The summed E-state index contributed by atoms with van der Waals surface area (Å²) in [7, 11) is 1.41. The summed E-state index contributed by atoms with van der Waals surface area (Å²) in [4.78, 5) is 16.8. The van der Waals surface area contributed by atoms with Crippen molar-refractivity contribution >= 4 is 36.4 Å². The second-order valence-corrected chi connectivity index (χ2v) is 8.49. The molecule has 2 rings (SSSR count). The van der Waals surface area contributed by atoms with Gasteiger partial charge in [-0.3, -0.25) is 0 Å². The van der Waals surface area contributed by atoms with Crippen LogP contribution < -0.4 is 0 Å². The number of halogens is 1. The molecule has 0 spiro atoms. The third kappa shape index (κ3) is 4.77. The van der Waals surface area contributed by atoms with Crippen LogP contribution in [0.3, 0.4) is 0 Å². The Morgan fingerprint density at radius 2 is 2.13 bits per heavy atom. The van der Waals surface area contributed by atoms with Crippen LogP contribution >= 0.6 is 15.9 Å². The van der Waals surface area contributed by atoms with Crippen molar-refractivity contribution in [3.05, 3.63) is 40.0 Å². The minimum absolute atomic E-state index is 0.130. The number of alkyl halides is 1. The van der Waals surface area contributed by atoms with Gasteiger partial charge in [-0.2, -0.15) is 0 Å².